The van der Waals surface area contributed by atoms with Crippen molar-refractivity contribution in [3.63, 3.8) is 0 Å². The Hall–Kier alpha value is -3.71. The number of thioether (sulfide) groups is 1. The second kappa shape index (κ2) is 28.2. The van der Waals surface area contributed by atoms with Gasteiger partial charge in [0.05, 0.1) is 77.9 Å². The number of esters is 2. The lowest BCUT2D eigenvalue weighted by molar-refractivity contribution is -0.319. The van der Waals surface area contributed by atoms with Crippen molar-refractivity contribution >= 4 is 64.4 Å². The third-order valence-electron chi connectivity index (χ3n) is 17.4. The van der Waals surface area contributed by atoms with E-state index in [4.69, 9.17) is 70.6 Å². The quantitative estimate of drug-likeness (QED) is 0.0815. The molecule has 4 fully saturated rings. The summed E-state index contributed by atoms with van der Waals surface area (Å²) in [5.74, 6) is -5.62. The van der Waals surface area contributed by atoms with Gasteiger partial charge in [-0.15, -0.1) is 11.8 Å². The Morgan fingerprint density at radius 1 is 0.866 bits per heavy atom. The number of likely N-dealkylation sites (N-methyl/N-ethyl adjacent to an activating group) is 2. The molecular formula is C59H87Cl2N3O17S. The number of amides is 1. The molecule has 6 rings (SSSR count). The van der Waals surface area contributed by atoms with E-state index in [1.54, 1.807) is 92.7 Å². The summed E-state index contributed by atoms with van der Waals surface area (Å²) in [6.07, 6.45) is -5.98. The molecule has 0 aliphatic carbocycles. The molecule has 5 heterocycles. The standard InChI is InChI=1S/C59H87Cl2N3O17S/c1-17-44-59(10)47(51(55(71)81-59)82-21-20-75-43-23-36(18-19-42(43)72-14)41(65)24-37-38(60)27-62-28-39(37)61)32(4)48(67)30(2)25-58(9,74-16)53(80-56-49(68)40(22-31(3)76-56)64(13)45(66)29-63(11)12)33(5)50(34(6)54(70)78-44)79-46-26-57(8,73-15)52(69)35(7)77-46/h18-19,23,27-28,30-35,40,44,46-47,49-53,56,68-69H,17,20-22,24-26,29H2,1-16H3/t30-,31-,32-,33+,34-,35+,40+,44-,46+,47+,49-,50+,51+,52+,53-,56+,57-,58-,59-/m1/s1. The molecule has 0 saturated carbocycles. The predicted molar refractivity (Wildman–Crippen MR) is 307 cm³/mol. The molecule has 1 amide bonds. The minimum atomic E-state index is -1.52. The SMILES string of the molecule is CC[C@H]1OC(=O)[C@H](C)[C@@H](O[C@H]2C[C@@](C)(OC)[C@@H](O)[C@H](C)O2)[C@H](C)[C@@H](O[C@@H]2O[C@H](C)C[C@H](N(C)C(=O)CN(C)C)[C@H]2O)[C@](C)(OC)C[C@@H](C)C(=O)[C@H](C)[C@H]2[C@H](SCCOc3cc(C(=O)Cc4c(Cl)cncc4Cl)ccc3OC)C(=O)O[C@@]21C. The van der Waals surface area contributed by atoms with Gasteiger partial charge in [-0.2, -0.15) is 0 Å². The number of aliphatic hydroxyl groups is 2. The molecule has 4 aliphatic rings. The van der Waals surface area contributed by atoms with E-state index in [1.807, 2.05) is 20.8 Å². The Labute approximate surface area is 497 Å². The fraction of sp³-hybridized carbons (Fsp3) is 0.729. The van der Waals surface area contributed by atoms with E-state index in [0.717, 1.165) is 0 Å². The van der Waals surface area contributed by atoms with Gasteiger partial charge in [-0.3, -0.25) is 29.0 Å². The molecule has 4 saturated heterocycles. The molecule has 0 radical (unpaired) electrons. The maximum absolute atomic E-state index is 15.4. The fourth-order valence-corrected chi connectivity index (χ4v) is 14.3. The first-order chi connectivity index (χ1) is 38.5. The molecule has 1 aromatic carbocycles. The average Bonchev–Trinajstić information content (AvgIpc) is 2.33. The molecule has 19 atom stereocenters. The van der Waals surface area contributed by atoms with Gasteiger partial charge in [0.15, 0.2) is 35.5 Å². The van der Waals surface area contributed by atoms with E-state index in [-0.39, 0.29) is 77.9 Å². The van der Waals surface area contributed by atoms with Crippen LogP contribution in [0, 0.1) is 29.6 Å². The number of ketones is 2. The zero-order valence-corrected chi connectivity index (χ0v) is 52.6. The third-order valence-corrected chi connectivity index (χ3v) is 19.3. The number of methoxy groups -OCH3 is 3. The van der Waals surface area contributed by atoms with Crippen LogP contribution >= 0.6 is 35.0 Å². The van der Waals surface area contributed by atoms with Crippen LogP contribution in [0.1, 0.15) is 111 Å². The van der Waals surface area contributed by atoms with Crippen LogP contribution in [0.4, 0.5) is 0 Å². The van der Waals surface area contributed by atoms with Crippen molar-refractivity contribution in [3.8, 4) is 11.5 Å². The van der Waals surface area contributed by atoms with Gasteiger partial charge < -0.3 is 67.4 Å². The first-order valence-electron chi connectivity index (χ1n) is 28.2. The molecule has 460 valence electrons. The molecule has 4 aliphatic heterocycles. The Kier molecular flexibility index (Phi) is 23.2. The molecule has 2 N–H and O–H groups in total. The number of carbonyl (C=O) groups is 5. The number of pyridine rings is 1. The maximum Gasteiger partial charge on any atom is 0.320 e. The van der Waals surface area contributed by atoms with Gasteiger partial charge in [0, 0.05) is 87.1 Å². The van der Waals surface area contributed by atoms with Gasteiger partial charge in [0.2, 0.25) is 5.91 Å². The van der Waals surface area contributed by atoms with Crippen molar-refractivity contribution in [2.24, 2.45) is 29.6 Å². The van der Waals surface area contributed by atoms with Crippen molar-refractivity contribution in [2.45, 2.75) is 185 Å². The smallest absolute Gasteiger partial charge is 0.320 e. The molecule has 1 aromatic heterocycles. The predicted octanol–water partition coefficient (Wildman–Crippen LogP) is 7.03. The van der Waals surface area contributed by atoms with Crippen LogP contribution in [0.5, 0.6) is 11.5 Å². The molecule has 0 unspecified atom stereocenters. The number of rotatable bonds is 19. The summed E-state index contributed by atoms with van der Waals surface area (Å²) >= 11 is 13.9. The van der Waals surface area contributed by atoms with Gasteiger partial charge in [0.25, 0.3) is 0 Å². The largest absolute Gasteiger partial charge is 0.493 e. The Balaban J connectivity index is 1.36. The number of hydrogen-bond donors (Lipinski definition) is 2. The second-order valence-corrected chi connectivity index (χ2v) is 25.6. The van der Waals surface area contributed by atoms with Crippen LogP contribution in [-0.2, 0) is 63.5 Å². The highest BCUT2D eigenvalue weighted by Crippen LogP contribution is 2.50. The number of carbonyl (C=O) groups excluding carboxylic acids is 5. The van der Waals surface area contributed by atoms with Crippen LogP contribution < -0.4 is 9.47 Å². The van der Waals surface area contributed by atoms with Gasteiger partial charge in [-0.25, -0.2) is 0 Å². The number of hydrogen-bond acceptors (Lipinski definition) is 20. The number of cyclic esters (lactones) is 1. The first kappa shape index (κ1) is 67.4. The number of aromatic nitrogens is 1. The second-order valence-electron chi connectivity index (χ2n) is 23.6. The van der Waals surface area contributed by atoms with Crippen molar-refractivity contribution < 1.29 is 81.6 Å². The van der Waals surface area contributed by atoms with Gasteiger partial charge >= 0.3 is 11.9 Å². The van der Waals surface area contributed by atoms with Crippen LogP contribution in [-0.4, -0.2) is 199 Å². The zero-order chi connectivity index (χ0) is 60.9. The van der Waals surface area contributed by atoms with Gasteiger partial charge in [-0.05, 0) is 93.1 Å². The molecule has 0 spiro atoms. The number of benzene rings is 1. The summed E-state index contributed by atoms with van der Waals surface area (Å²) in [5.41, 5.74) is -3.28. The highest BCUT2D eigenvalue weighted by Gasteiger charge is 2.62. The number of aliphatic hydroxyl groups excluding tert-OH is 2. The van der Waals surface area contributed by atoms with Crippen LogP contribution in [0.3, 0.4) is 0 Å². The van der Waals surface area contributed by atoms with E-state index >= 15 is 9.59 Å². The zero-order valence-electron chi connectivity index (χ0n) is 50.3. The fourth-order valence-electron chi connectivity index (χ4n) is 12.5. The highest BCUT2D eigenvalue weighted by molar-refractivity contribution is 8.00. The van der Waals surface area contributed by atoms with E-state index in [2.05, 4.69) is 4.98 Å². The number of fused-ring (bicyclic) bond motifs is 1. The molecule has 82 heavy (non-hydrogen) atoms. The van der Waals surface area contributed by atoms with Crippen molar-refractivity contribution in [1.82, 2.24) is 14.8 Å². The highest BCUT2D eigenvalue weighted by atomic mass is 35.5. The van der Waals surface area contributed by atoms with Crippen LogP contribution in [0.25, 0.3) is 0 Å². The lowest BCUT2D eigenvalue weighted by Crippen LogP contribution is -2.62. The van der Waals surface area contributed by atoms with Gasteiger partial charge in [-0.1, -0.05) is 50.9 Å². The number of nitrogens with zero attached hydrogens (tertiary/aromatic N) is 3. The normalized spacial score (nSPS) is 36.7. The first-order valence-corrected chi connectivity index (χ1v) is 30.0. The lowest BCUT2D eigenvalue weighted by Gasteiger charge is -2.50. The van der Waals surface area contributed by atoms with Crippen molar-refractivity contribution in [3.05, 3.63) is 51.8 Å². The molecule has 2 aromatic rings. The monoisotopic (exact) mass is 1210 g/mol. The Bertz CT molecular complexity index is 2550. The van der Waals surface area contributed by atoms with E-state index in [9.17, 15) is 24.6 Å². The third kappa shape index (κ3) is 14.7. The molecule has 0 bridgehead atoms. The summed E-state index contributed by atoms with van der Waals surface area (Å²) in [4.78, 5) is 79.2. The van der Waals surface area contributed by atoms with Crippen molar-refractivity contribution in [1.29, 1.82) is 0 Å². The number of Topliss-reactive ketones (excluding diaryl/α,β-unsaturated/α-hetero) is 2. The Morgan fingerprint density at radius 2 is 1.52 bits per heavy atom. The summed E-state index contributed by atoms with van der Waals surface area (Å²) in [7, 11) is 9.66. The maximum atomic E-state index is 15.4. The van der Waals surface area contributed by atoms with Crippen LogP contribution in [0.15, 0.2) is 30.6 Å². The minimum Gasteiger partial charge on any atom is -0.493 e. The van der Waals surface area contributed by atoms with E-state index in [0.29, 0.717) is 23.3 Å². The average molecular weight is 1210 g/mol. The Morgan fingerprint density at radius 3 is 2.13 bits per heavy atom. The minimum absolute atomic E-state index is 0.0360. The molecule has 23 heteroatoms. The summed E-state index contributed by atoms with van der Waals surface area (Å²) in [5, 5.41) is 23.0. The molecule has 20 nitrogen and oxygen atoms in total. The number of ether oxygens (including phenoxy) is 10. The summed E-state index contributed by atoms with van der Waals surface area (Å²) < 4.78 is 63.8. The van der Waals surface area contributed by atoms with Crippen molar-refractivity contribution in [2.75, 3.05) is 61.4 Å². The number of halogens is 2. The molecular weight excluding hydrogens is 1130 g/mol. The summed E-state index contributed by atoms with van der Waals surface area (Å²) in [6, 6.07) is 4.07. The van der Waals surface area contributed by atoms with Gasteiger partial charge in [0.1, 0.15) is 29.3 Å². The summed E-state index contributed by atoms with van der Waals surface area (Å²) in [6.45, 7) is 17.8. The topological polar surface area (TPSA) is 237 Å². The van der Waals surface area contributed by atoms with E-state index in [1.165, 1.54) is 50.4 Å². The lowest BCUT2D eigenvalue weighted by atomic mass is 9.70. The van der Waals surface area contributed by atoms with Crippen LogP contribution in [0.2, 0.25) is 10.0 Å². The van der Waals surface area contributed by atoms with E-state index < -0.39 is 125 Å².